The SMILES string of the molecule is CN1CCN(c2ccc(F)cc2)c2ccc(-c3cnccn3)cc2C1. The molecule has 5 heteroatoms. The molecule has 0 amide bonds. The van der Waals surface area contributed by atoms with Gasteiger partial charge in [-0.25, -0.2) is 4.39 Å². The average Bonchev–Trinajstić information content (AvgIpc) is 2.81. The molecular formula is C20H19FN4. The van der Waals surface area contributed by atoms with Gasteiger partial charge in [0.1, 0.15) is 5.82 Å². The molecule has 0 saturated heterocycles. The fourth-order valence-corrected chi connectivity index (χ4v) is 3.23. The van der Waals surface area contributed by atoms with E-state index in [0.717, 1.165) is 42.3 Å². The second-order valence-electron chi connectivity index (χ2n) is 6.30. The van der Waals surface area contributed by atoms with Gasteiger partial charge < -0.3 is 9.80 Å². The first-order chi connectivity index (χ1) is 12.2. The van der Waals surface area contributed by atoms with Crippen molar-refractivity contribution in [1.29, 1.82) is 0 Å². The van der Waals surface area contributed by atoms with Gasteiger partial charge in [0.15, 0.2) is 0 Å². The van der Waals surface area contributed by atoms with E-state index in [0.29, 0.717) is 0 Å². The van der Waals surface area contributed by atoms with Crippen molar-refractivity contribution in [1.82, 2.24) is 14.9 Å². The van der Waals surface area contributed by atoms with E-state index in [1.54, 1.807) is 18.6 Å². The molecule has 0 fully saturated rings. The molecular weight excluding hydrogens is 315 g/mol. The molecule has 25 heavy (non-hydrogen) atoms. The quantitative estimate of drug-likeness (QED) is 0.712. The summed E-state index contributed by atoms with van der Waals surface area (Å²) in [5, 5.41) is 0. The Hall–Kier alpha value is -2.79. The lowest BCUT2D eigenvalue weighted by atomic mass is 10.0. The third-order valence-corrected chi connectivity index (χ3v) is 4.51. The van der Waals surface area contributed by atoms with Crippen LogP contribution in [-0.4, -0.2) is 35.0 Å². The van der Waals surface area contributed by atoms with Gasteiger partial charge in [0.25, 0.3) is 0 Å². The van der Waals surface area contributed by atoms with Crippen molar-refractivity contribution in [2.24, 2.45) is 0 Å². The van der Waals surface area contributed by atoms with Gasteiger partial charge in [-0.3, -0.25) is 9.97 Å². The molecule has 1 aliphatic rings. The molecule has 2 aromatic carbocycles. The zero-order chi connectivity index (χ0) is 17.2. The Morgan fingerprint density at radius 3 is 2.60 bits per heavy atom. The molecule has 0 aliphatic carbocycles. The molecule has 0 saturated carbocycles. The number of aromatic nitrogens is 2. The minimum absolute atomic E-state index is 0.214. The van der Waals surface area contributed by atoms with Crippen LogP contribution >= 0.6 is 0 Å². The molecule has 0 bridgehead atoms. The number of anilines is 2. The number of benzene rings is 2. The van der Waals surface area contributed by atoms with E-state index in [-0.39, 0.29) is 5.82 Å². The van der Waals surface area contributed by atoms with Crippen LogP contribution < -0.4 is 4.90 Å². The number of rotatable bonds is 2. The largest absolute Gasteiger partial charge is 0.340 e. The van der Waals surface area contributed by atoms with Crippen molar-refractivity contribution >= 4 is 11.4 Å². The van der Waals surface area contributed by atoms with Crippen LogP contribution in [0.1, 0.15) is 5.56 Å². The van der Waals surface area contributed by atoms with E-state index in [1.165, 1.54) is 17.7 Å². The molecule has 2 heterocycles. The van der Waals surface area contributed by atoms with Crippen molar-refractivity contribution in [2.45, 2.75) is 6.54 Å². The number of nitrogens with zero attached hydrogens (tertiary/aromatic N) is 4. The molecule has 126 valence electrons. The van der Waals surface area contributed by atoms with Gasteiger partial charge in [-0.15, -0.1) is 0 Å². The molecule has 4 rings (SSSR count). The summed E-state index contributed by atoms with van der Waals surface area (Å²) < 4.78 is 13.3. The fraction of sp³-hybridized carbons (Fsp3) is 0.200. The van der Waals surface area contributed by atoms with Crippen LogP contribution in [0.3, 0.4) is 0 Å². The van der Waals surface area contributed by atoms with Crippen LogP contribution in [0.2, 0.25) is 0 Å². The first kappa shape index (κ1) is 15.7. The molecule has 0 N–H and O–H groups in total. The summed E-state index contributed by atoms with van der Waals surface area (Å²) in [6.07, 6.45) is 5.16. The fourth-order valence-electron chi connectivity index (χ4n) is 3.23. The van der Waals surface area contributed by atoms with Gasteiger partial charge >= 0.3 is 0 Å². The number of halogens is 1. The summed E-state index contributed by atoms with van der Waals surface area (Å²) in [5.41, 5.74) is 5.31. The lowest BCUT2D eigenvalue weighted by molar-refractivity contribution is 0.343. The first-order valence-electron chi connectivity index (χ1n) is 8.32. The monoisotopic (exact) mass is 334 g/mol. The van der Waals surface area contributed by atoms with Gasteiger partial charge in [0.2, 0.25) is 0 Å². The van der Waals surface area contributed by atoms with Crippen LogP contribution in [0.4, 0.5) is 15.8 Å². The van der Waals surface area contributed by atoms with Crippen LogP contribution in [-0.2, 0) is 6.54 Å². The zero-order valence-corrected chi connectivity index (χ0v) is 14.1. The van der Waals surface area contributed by atoms with Crippen LogP contribution in [0.5, 0.6) is 0 Å². The Bertz CT molecular complexity index is 865. The summed E-state index contributed by atoms with van der Waals surface area (Å²) in [7, 11) is 2.12. The number of likely N-dealkylation sites (N-methyl/N-ethyl adjacent to an activating group) is 1. The minimum Gasteiger partial charge on any atom is -0.340 e. The number of fused-ring (bicyclic) bond motifs is 1. The predicted molar refractivity (Wildman–Crippen MR) is 97.2 cm³/mol. The smallest absolute Gasteiger partial charge is 0.123 e. The zero-order valence-electron chi connectivity index (χ0n) is 14.1. The van der Waals surface area contributed by atoms with Crippen LogP contribution in [0.15, 0.2) is 61.1 Å². The maximum absolute atomic E-state index is 13.3. The van der Waals surface area contributed by atoms with Gasteiger partial charge in [-0.1, -0.05) is 6.07 Å². The Kier molecular flexibility index (Phi) is 4.15. The first-order valence-corrected chi connectivity index (χ1v) is 8.32. The van der Waals surface area contributed by atoms with E-state index in [4.69, 9.17) is 0 Å². The molecule has 0 radical (unpaired) electrons. The minimum atomic E-state index is -0.214. The summed E-state index contributed by atoms with van der Waals surface area (Å²) in [5.74, 6) is -0.214. The van der Waals surface area contributed by atoms with Gasteiger partial charge in [0.05, 0.1) is 11.9 Å². The van der Waals surface area contributed by atoms with Crippen LogP contribution in [0, 0.1) is 5.82 Å². The molecule has 0 atom stereocenters. The van der Waals surface area contributed by atoms with Gasteiger partial charge in [0, 0.05) is 49.0 Å². The molecule has 3 aromatic rings. The summed E-state index contributed by atoms with van der Waals surface area (Å²) in [4.78, 5) is 13.1. The standard InChI is InChI=1S/C20H19FN4/c1-24-10-11-25(18-5-3-17(21)4-6-18)20-7-2-15(12-16(20)14-24)19-13-22-8-9-23-19/h2-9,12-13H,10-11,14H2,1H3. The lowest BCUT2D eigenvalue weighted by Crippen LogP contribution is -2.26. The highest BCUT2D eigenvalue weighted by Gasteiger charge is 2.20. The molecule has 0 spiro atoms. The Labute approximate surface area is 146 Å². The Morgan fingerprint density at radius 2 is 1.84 bits per heavy atom. The van der Waals surface area contributed by atoms with E-state index in [9.17, 15) is 4.39 Å². The Morgan fingerprint density at radius 1 is 1.00 bits per heavy atom. The molecule has 1 aliphatic heterocycles. The molecule has 0 unspecified atom stereocenters. The van der Waals surface area contributed by atoms with E-state index in [1.807, 2.05) is 12.1 Å². The second kappa shape index (κ2) is 6.61. The van der Waals surface area contributed by atoms with Crippen molar-refractivity contribution in [3.63, 3.8) is 0 Å². The van der Waals surface area contributed by atoms with Gasteiger partial charge in [-0.2, -0.15) is 0 Å². The highest BCUT2D eigenvalue weighted by molar-refractivity contribution is 5.72. The van der Waals surface area contributed by atoms with Crippen molar-refractivity contribution in [2.75, 3.05) is 25.0 Å². The van der Waals surface area contributed by atoms with Crippen LogP contribution in [0.25, 0.3) is 11.3 Å². The lowest BCUT2D eigenvalue weighted by Gasteiger charge is -2.25. The van der Waals surface area contributed by atoms with E-state index >= 15 is 0 Å². The Balaban J connectivity index is 1.78. The number of hydrogen-bond acceptors (Lipinski definition) is 4. The average molecular weight is 334 g/mol. The van der Waals surface area contributed by atoms with Crippen molar-refractivity contribution in [3.8, 4) is 11.3 Å². The summed E-state index contributed by atoms with van der Waals surface area (Å²) in [6.45, 7) is 2.66. The topological polar surface area (TPSA) is 32.3 Å². The number of hydrogen-bond donors (Lipinski definition) is 0. The third-order valence-electron chi connectivity index (χ3n) is 4.51. The summed E-state index contributed by atoms with van der Waals surface area (Å²) >= 11 is 0. The second-order valence-corrected chi connectivity index (χ2v) is 6.30. The van der Waals surface area contributed by atoms with Crippen molar-refractivity contribution < 1.29 is 4.39 Å². The highest BCUT2D eigenvalue weighted by atomic mass is 19.1. The molecule has 4 nitrogen and oxygen atoms in total. The predicted octanol–water partition coefficient (Wildman–Crippen LogP) is 3.87. The maximum atomic E-state index is 13.3. The normalized spacial score (nSPS) is 14.9. The van der Waals surface area contributed by atoms with Gasteiger partial charge in [-0.05, 0) is 49.0 Å². The van der Waals surface area contributed by atoms with Crippen molar-refractivity contribution in [3.05, 3.63) is 72.4 Å². The van der Waals surface area contributed by atoms with E-state index in [2.05, 4.69) is 45.0 Å². The third kappa shape index (κ3) is 3.23. The van der Waals surface area contributed by atoms with E-state index < -0.39 is 0 Å². The maximum Gasteiger partial charge on any atom is 0.123 e. The molecule has 1 aromatic heterocycles. The highest BCUT2D eigenvalue weighted by Crippen LogP contribution is 2.34. The summed E-state index contributed by atoms with van der Waals surface area (Å²) in [6, 6.07) is 13.1.